The van der Waals surface area contributed by atoms with Crippen LogP contribution < -0.4 is 5.14 Å². The summed E-state index contributed by atoms with van der Waals surface area (Å²) in [5.41, 5.74) is 3.62. The highest BCUT2D eigenvalue weighted by atomic mass is 32.2. The molecule has 2 aromatic rings. The van der Waals surface area contributed by atoms with Crippen LogP contribution in [0.25, 0.3) is 0 Å². The van der Waals surface area contributed by atoms with E-state index in [1.165, 1.54) is 54.7 Å². The number of esters is 1. The van der Waals surface area contributed by atoms with E-state index in [9.17, 15) is 13.2 Å². The van der Waals surface area contributed by atoms with Crippen LogP contribution >= 0.6 is 0 Å². The van der Waals surface area contributed by atoms with E-state index in [1.54, 1.807) is 0 Å². The van der Waals surface area contributed by atoms with Gasteiger partial charge in [-0.25, -0.2) is 18.4 Å². The van der Waals surface area contributed by atoms with Crippen LogP contribution in [0.5, 0.6) is 0 Å². The number of fused-ring (bicyclic) bond motifs is 5. The van der Waals surface area contributed by atoms with Crippen molar-refractivity contribution in [1.82, 2.24) is 0 Å². The lowest BCUT2D eigenvalue weighted by Gasteiger charge is -2.49. The second kappa shape index (κ2) is 7.45. The standard InChI is InChI=1S/C25H29NO4S/c1-25-13-12-21-20-5-3-2-4-16(20)8-11-22(21)23(25)14-18(15-25)30-24(27)17-6-9-19(10-7-17)31(26,28)29/h2-7,9-10,18,21-23H,8,11-15H2,1H3,(H2,26,28,29)/t18-,21-,22-,23+,25-/m1/s1. The molecule has 2 N–H and O–H groups in total. The first-order valence-electron chi connectivity index (χ1n) is 11.2. The number of rotatable bonds is 3. The molecule has 164 valence electrons. The Labute approximate surface area is 184 Å². The molecule has 0 amide bonds. The first kappa shape index (κ1) is 20.7. The quantitative estimate of drug-likeness (QED) is 0.718. The third-order valence-corrected chi connectivity index (χ3v) is 8.99. The van der Waals surface area contributed by atoms with Crippen LogP contribution in [-0.4, -0.2) is 20.5 Å². The minimum atomic E-state index is -3.77. The normalized spacial score (nSPS) is 31.9. The molecule has 5 rings (SSSR count). The average molecular weight is 440 g/mol. The zero-order chi connectivity index (χ0) is 21.8. The number of sulfonamides is 1. The predicted octanol–water partition coefficient (Wildman–Crippen LogP) is 4.42. The minimum Gasteiger partial charge on any atom is -0.459 e. The Bertz CT molecular complexity index is 1110. The minimum absolute atomic E-state index is 0.00734. The van der Waals surface area contributed by atoms with Crippen molar-refractivity contribution < 1.29 is 17.9 Å². The number of aryl methyl sites for hydroxylation is 1. The molecular weight excluding hydrogens is 410 g/mol. The number of benzene rings is 2. The van der Waals surface area contributed by atoms with Crippen LogP contribution in [0.15, 0.2) is 53.4 Å². The maximum atomic E-state index is 12.7. The van der Waals surface area contributed by atoms with E-state index in [1.807, 2.05) is 0 Å². The molecule has 2 fully saturated rings. The Hall–Kier alpha value is -2.18. The van der Waals surface area contributed by atoms with Crippen molar-refractivity contribution in [1.29, 1.82) is 0 Å². The third kappa shape index (κ3) is 3.70. The van der Waals surface area contributed by atoms with Crippen molar-refractivity contribution in [2.75, 3.05) is 0 Å². The monoisotopic (exact) mass is 439 g/mol. The number of carbonyl (C=O) groups excluding carboxylic acids is 1. The Morgan fingerprint density at radius 2 is 1.84 bits per heavy atom. The highest BCUT2D eigenvalue weighted by molar-refractivity contribution is 7.89. The fourth-order valence-electron chi connectivity index (χ4n) is 6.61. The van der Waals surface area contributed by atoms with Crippen molar-refractivity contribution in [3.05, 3.63) is 65.2 Å². The molecule has 2 saturated carbocycles. The fraction of sp³-hybridized carbons (Fsp3) is 0.480. The lowest BCUT2D eigenvalue weighted by molar-refractivity contribution is 0.0290. The molecule has 2 aromatic carbocycles. The van der Waals surface area contributed by atoms with Crippen molar-refractivity contribution in [2.24, 2.45) is 22.4 Å². The number of nitrogens with two attached hydrogens (primary N) is 1. The molecule has 0 aromatic heterocycles. The molecule has 6 heteroatoms. The van der Waals surface area contributed by atoms with Gasteiger partial charge >= 0.3 is 5.97 Å². The molecule has 3 aliphatic rings. The summed E-state index contributed by atoms with van der Waals surface area (Å²) in [4.78, 5) is 12.7. The Morgan fingerprint density at radius 3 is 2.58 bits per heavy atom. The molecule has 0 radical (unpaired) electrons. The number of hydrogen-bond acceptors (Lipinski definition) is 4. The Kier molecular flexibility index (Phi) is 4.98. The molecule has 3 aliphatic carbocycles. The second-order valence-corrected chi connectivity index (χ2v) is 11.4. The van der Waals surface area contributed by atoms with Crippen molar-refractivity contribution in [2.45, 2.75) is 62.4 Å². The summed E-state index contributed by atoms with van der Waals surface area (Å²) in [6.07, 6.45) is 6.48. The molecule has 5 nitrogen and oxygen atoms in total. The summed E-state index contributed by atoms with van der Waals surface area (Å²) >= 11 is 0. The molecule has 0 bridgehead atoms. The predicted molar refractivity (Wildman–Crippen MR) is 118 cm³/mol. The van der Waals surface area contributed by atoms with Gasteiger partial charge < -0.3 is 4.74 Å². The van der Waals surface area contributed by atoms with Gasteiger partial charge in [0.15, 0.2) is 0 Å². The van der Waals surface area contributed by atoms with Crippen LogP contribution in [0, 0.1) is 17.3 Å². The third-order valence-electron chi connectivity index (χ3n) is 8.06. The zero-order valence-electron chi connectivity index (χ0n) is 17.8. The lowest BCUT2D eigenvalue weighted by atomic mass is 9.56. The van der Waals surface area contributed by atoms with E-state index in [2.05, 4.69) is 31.2 Å². The molecular formula is C25H29NO4S. The number of ether oxygens (including phenoxy) is 1. The van der Waals surface area contributed by atoms with E-state index in [0.717, 1.165) is 19.3 Å². The van der Waals surface area contributed by atoms with Gasteiger partial charge in [-0.3, -0.25) is 0 Å². The van der Waals surface area contributed by atoms with Crippen LogP contribution in [0.3, 0.4) is 0 Å². The first-order valence-corrected chi connectivity index (χ1v) is 12.7. The molecule has 0 aliphatic heterocycles. The summed E-state index contributed by atoms with van der Waals surface area (Å²) < 4.78 is 28.8. The summed E-state index contributed by atoms with van der Waals surface area (Å²) in [6, 6.07) is 14.5. The number of primary sulfonamides is 1. The highest BCUT2D eigenvalue weighted by Crippen LogP contribution is 2.61. The molecule has 0 saturated heterocycles. The van der Waals surface area contributed by atoms with Crippen molar-refractivity contribution in [3.63, 3.8) is 0 Å². The molecule has 0 unspecified atom stereocenters. The van der Waals surface area contributed by atoms with E-state index in [0.29, 0.717) is 23.3 Å². The SMILES string of the molecule is C[C@]12CC[C@@H]3c4ccccc4CC[C@H]3[C@@H]1C[C@@H](OC(=O)c1ccc(S(N)(=O)=O)cc1)C2. The maximum Gasteiger partial charge on any atom is 0.338 e. The Balaban J connectivity index is 1.30. The summed E-state index contributed by atoms with van der Waals surface area (Å²) in [5, 5.41) is 5.14. The van der Waals surface area contributed by atoms with Gasteiger partial charge in [-0.2, -0.15) is 0 Å². The van der Waals surface area contributed by atoms with Gasteiger partial charge in [0.25, 0.3) is 0 Å². The highest BCUT2D eigenvalue weighted by Gasteiger charge is 2.53. The molecule has 5 atom stereocenters. The van der Waals surface area contributed by atoms with Gasteiger partial charge in [-0.1, -0.05) is 31.2 Å². The maximum absolute atomic E-state index is 12.7. The lowest BCUT2D eigenvalue weighted by Crippen LogP contribution is -2.39. The van der Waals surface area contributed by atoms with E-state index in [-0.39, 0.29) is 16.4 Å². The van der Waals surface area contributed by atoms with Crippen molar-refractivity contribution >= 4 is 16.0 Å². The largest absolute Gasteiger partial charge is 0.459 e. The molecule has 31 heavy (non-hydrogen) atoms. The zero-order valence-corrected chi connectivity index (χ0v) is 18.6. The van der Waals surface area contributed by atoms with Crippen LogP contribution in [0.2, 0.25) is 0 Å². The molecule has 0 heterocycles. The van der Waals surface area contributed by atoms with Gasteiger partial charge in [0.2, 0.25) is 10.0 Å². The topological polar surface area (TPSA) is 86.5 Å². The van der Waals surface area contributed by atoms with Gasteiger partial charge in [0.05, 0.1) is 10.5 Å². The van der Waals surface area contributed by atoms with Gasteiger partial charge in [-0.05, 0) is 97.1 Å². The average Bonchev–Trinajstić information content (AvgIpc) is 3.09. The number of carbonyl (C=O) groups is 1. The van der Waals surface area contributed by atoms with Gasteiger partial charge in [-0.15, -0.1) is 0 Å². The van der Waals surface area contributed by atoms with E-state index < -0.39 is 16.0 Å². The van der Waals surface area contributed by atoms with E-state index >= 15 is 0 Å². The first-order chi connectivity index (χ1) is 14.7. The van der Waals surface area contributed by atoms with Crippen LogP contribution in [0.4, 0.5) is 0 Å². The second-order valence-electron chi connectivity index (χ2n) is 9.84. The van der Waals surface area contributed by atoms with E-state index in [4.69, 9.17) is 9.88 Å². The fourth-order valence-corrected chi connectivity index (χ4v) is 7.12. The van der Waals surface area contributed by atoms with Gasteiger partial charge in [0.1, 0.15) is 6.10 Å². The van der Waals surface area contributed by atoms with Crippen LogP contribution in [-0.2, 0) is 21.2 Å². The van der Waals surface area contributed by atoms with Crippen molar-refractivity contribution in [3.8, 4) is 0 Å². The van der Waals surface area contributed by atoms with Gasteiger partial charge in [0, 0.05) is 0 Å². The Morgan fingerprint density at radius 1 is 1.10 bits per heavy atom. The summed E-state index contributed by atoms with van der Waals surface area (Å²) in [5.74, 6) is 1.47. The number of hydrogen-bond donors (Lipinski definition) is 1. The van der Waals surface area contributed by atoms with Crippen LogP contribution in [0.1, 0.15) is 66.4 Å². The molecule has 0 spiro atoms. The smallest absolute Gasteiger partial charge is 0.338 e. The summed E-state index contributed by atoms with van der Waals surface area (Å²) in [6.45, 7) is 2.38. The summed E-state index contributed by atoms with van der Waals surface area (Å²) in [7, 11) is -3.77.